The lowest BCUT2D eigenvalue weighted by molar-refractivity contribution is -0.137. The lowest BCUT2D eigenvalue weighted by atomic mass is 10.0. The summed E-state index contributed by atoms with van der Waals surface area (Å²) in [4.78, 5) is 0. The molecule has 0 atom stereocenters. The van der Waals surface area contributed by atoms with Gasteiger partial charge in [-0.3, -0.25) is 0 Å². The molecule has 1 aromatic heterocycles. The highest BCUT2D eigenvalue weighted by Gasteiger charge is 2.32. The summed E-state index contributed by atoms with van der Waals surface area (Å²) < 4.78 is 45.5. The standard InChI is InChI=1S/C18H18F3N5O/c1-17(2,22-13-7-9-15(27-3)10-8-13)16-23-24-25-26(16)14-6-4-5-12(11-14)18(19,20)21/h4-11,22H,1-3H3. The molecule has 0 radical (unpaired) electrons. The summed E-state index contributed by atoms with van der Waals surface area (Å²) in [5.74, 6) is 1.09. The van der Waals surface area contributed by atoms with Crippen LogP contribution in [0.5, 0.6) is 5.75 Å². The summed E-state index contributed by atoms with van der Waals surface area (Å²) in [6.07, 6.45) is -4.44. The average Bonchev–Trinajstić information content (AvgIpc) is 3.12. The van der Waals surface area contributed by atoms with Crippen molar-refractivity contribution in [1.82, 2.24) is 20.2 Å². The Bertz CT molecular complexity index is 919. The fourth-order valence-electron chi connectivity index (χ4n) is 2.66. The molecule has 27 heavy (non-hydrogen) atoms. The second kappa shape index (κ2) is 6.90. The summed E-state index contributed by atoms with van der Waals surface area (Å²) in [7, 11) is 1.58. The summed E-state index contributed by atoms with van der Waals surface area (Å²) >= 11 is 0. The number of nitrogens with one attached hydrogen (secondary N) is 1. The second-order valence-corrected chi connectivity index (χ2v) is 6.44. The van der Waals surface area contributed by atoms with E-state index in [9.17, 15) is 13.2 Å². The van der Waals surface area contributed by atoms with Crippen LogP contribution in [0.25, 0.3) is 5.69 Å². The van der Waals surface area contributed by atoms with Gasteiger partial charge in [-0.1, -0.05) is 6.07 Å². The fourth-order valence-corrected chi connectivity index (χ4v) is 2.66. The van der Waals surface area contributed by atoms with Crippen molar-refractivity contribution < 1.29 is 17.9 Å². The van der Waals surface area contributed by atoms with E-state index in [4.69, 9.17) is 4.74 Å². The van der Waals surface area contributed by atoms with E-state index in [1.807, 2.05) is 26.0 Å². The summed E-state index contributed by atoms with van der Waals surface area (Å²) in [5, 5.41) is 14.8. The lowest BCUT2D eigenvalue weighted by Gasteiger charge is -2.26. The van der Waals surface area contributed by atoms with Crippen LogP contribution in [0.2, 0.25) is 0 Å². The first kappa shape index (κ1) is 18.7. The third-order valence-corrected chi connectivity index (χ3v) is 3.99. The summed E-state index contributed by atoms with van der Waals surface area (Å²) in [6, 6.07) is 12.1. The second-order valence-electron chi connectivity index (χ2n) is 6.44. The molecule has 0 saturated carbocycles. The quantitative estimate of drug-likeness (QED) is 0.727. The van der Waals surface area contributed by atoms with Crippen molar-refractivity contribution in [3.8, 4) is 11.4 Å². The van der Waals surface area contributed by atoms with E-state index in [1.54, 1.807) is 19.2 Å². The molecule has 0 unspecified atom stereocenters. The number of tetrazole rings is 1. The van der Waals surface area contributed by atoms with Gasteiger partial charge in [-0.2, -0.15) is 17.9 Å². The molecule has 0 saturated heterocycles. The van der Waals surface area contributed by atoms with Crippen molar-refractivity contribution in [2.75, 3.05) is 12.4 Å². The zero-order valence-corrected chi connectivity index (χ0v) is 14.9. The van der Waals surface area contributed by atoms with Gasteiger partial charge >= 0.3 is 6.18 Å². The number of methoxy groups -OCH3 is 1. The summed E-state index contributed by atoms with van der Waals surface area (Å²) in [5.41, 5.74) is -0.497. The van der Waals surface area contributed by atoms with Crippen molar-refractivity contribution in [2.45, 2.75) is 25.6 Å². The Morgan fingerprint density at radius 3 is 2.37 bits per heavy atom. The zero-order chi connectivity index (χ0) is 19.7. The van der Waals surface area contributed by atoms with Gasteiger partial charge in [-0.25, -0.2) is 0 Å². The van der Waals surface area contributed by atoms with Gasteiger partial charge in [-0.05, 0) is 66.7 Å². The van der Waals surface area contributed by atoms with Crippen LogP contribution in [0.4, 0.5) is 18.9 Å². The van der Waals surface area contributed by atoms with Gasteiger partial charge in [0, 0.05) is 5.69 Å². The van der Waals surface area contributed by atoms with E-state index in [0.29, 0.717) is 11.6 Å². The number of alkyl halides is 3. The van der Waals surface area contributed by atoms with Crippen molar-refractivity contribution >= 4 is 5.69 Å². The Labute approximate surface area is 154 Å². The Morgan fingerprint density at radius 1 is 1.04 bits per heavy atom. The molecule has 6 nitrogen and oxygen atoms in total. The van der Waals surface area contributed by atoms with Gasteiger partial charge in [0.15, 0.2) is 5.82 Å². The molecule has 0 aliphatic heterocycles. The molecule has 2 aromatic carbocycles. The van der Waals surface area contributed by atoms with Crippen LogP contribution in [0, 0.1) is 0 Å². The molecule has 3 aromatic rings. The molecule has 1 N–H and O–H groups in total. The Kier molecular flexibility index (Phi) is 4.77. The van der Waals surface area contributed by atoms with Gasteiger partial charge in [0.1, 0.15) is 5.75 Å². The monoisotopic (exact) mass is 377 g/mol. The lowest BCUT2D eigenvalue weighted by Crippen LogP contribution is -2.32. The highest BCUT2D eigenvalue weighted by molar-refractivity contribution is 5.49. The number of hydrogen-bond donors (Lipinski definition) is 1. The first-order valence-corrected chi connectivity index (χ1v) is 8.09. The van der Waals surface area contributed by atoms with Crippen LogP contribution in [0.1, 0.15) is 25.2 Å². The molecule has 0 bridgehead atoms. The number of nitrogens with zero attached hydrogens (tertiary/aromatic N) is 4. The molecular formula is C18H18F3N5O. The SMILES string of the molecule is COc1ccc(NC(C)(C)c2nnnn2-c2cccc(C(F)(F)F)c2)cc1. The molecule has 0 fully saturated rings. The van der Waals surface area contributed by atoms with Crippen molar-refractivity contribution in [3.63, 3.8) is 0 Å². The normalized spacial score (nSPS) is 12.1. The van der Waals surface area contributed by atoms with Crippen molar-refractivity contribution in [2.24, 2.45) is 0 Å². The van der Waals surface area contributed by atoms with E-state index >= 15 is 0 Å². The van der Waals surface area contributed by atoms with Gasteiger partial charge in [0.05, 0.1) is 23.9 Å². The van der Waals surface area contributed by atoms with Crippen LogP contribution in [-0.4, -0.2) is 27.3 Å². The van der Waals surface area contributed by atoms with E-state index in [0.717, 1.165) is 17.8 Å². The minimum absolute atomic E-state index is 0.231. The van der Waals surface area contributed by atoms with Crippen LogP contribution in [0.15, 0.2) is 48.5 Å². The number of aromatic nitrogens is 4. The minimum atomic E-state index is -4.44. The smallest absolute Gasteiger partial charge is 0.416 e. The first-order chi connectivity index (χ1) is 12.7. The summed E-state index contributed by atoms with van der Waals surface area (Å²) in [6.45, 7) is 3.68. The van der Waals surface area contributed by atoms with Gasteiger partial charge < -0.3 is 10.1 Å². The number of anilines is 1. The third kappa shape index (κ3) is 4.02. The molecule has 0 spiro atoms. The maximum atomic E-state index is 13.0. The first-order valence-electron chi connectivity index (χ1n) is 8.09. The number of hydrogen-bond acceptors (Lipinski definition) is 5. The van der Waals surface area contributed by atoms with Crippen molar-refractivity contribution in [3.05, 3.63) is 59.9 Å². The van der Waals surface area contributed by atoms with E-state index in [2.05, 4.69) is 20.8 Å². The number of rotatable bonds is 5. The molecule has 3 rings (SSSR count). The molecule has 0 aliphatic rings. The molecule has 0 amide bonds. The average molecular weight is 377 g/mol. The van der Waals surface area contributed by atoms with Crippen LogP contribution < -0.4 is 10.1 Å². The van der Waals surface area contributed by atoms with E-state index in [-0.39, 0.29) is 5.69 Å². The molecule has 142 valence electrons. The highest BCUT2D eigenvalue weighted by atomic mass is 19.4. The fraction of sp³-hybridized carbons (Fsp3) is 0.278. The Balaban J connectivity index is 1.93. The van der Waals surface area contributed by atoms with Crippen LogP contribution >= 0.6 is 0 Å². The maximum Gasteiger partial charge on any atom is 0.416 e. The van der Waals surface area contributed by atoms with Crippen LogP contribution in [-0.2, 0) is 11.7 Å². The van der Waals surface area contributed by atoms with E-state index in [1.165, 1.54) is 16.8 Å². The number of ether oxygens (including phenoxy) is 1. The predicted molar refractivity (Wildman–Crippen MR) is 93.8 cm³/mol. The largest absolute Gasteiger partial charge is 0.497 e. The van der Waals surface area contributed by atoms with Crippen LogP contribution in [0.3, 0.4) is 0 Å². The molecule has 1 heterocycles. The van der Waals surface area contributed by atoms with Gasteiger partial charge in [-0.15, -0.1) is 5.10 Å². The van der Waals surface area contributed by atoms with Gasteiger partial charge in [0.2, 0.25) is 0 Å². The Morgan fingerprint density at radius 2 is 1.74 bits per heavy atom. The topological polar surface area (TPSA) is 64.9 Å². The highest BCUT2D eigenvalue weighted by Crippen LogP contribution is 2.31. The van der Waals surface area contributed by atoms with Crippen molar-refractivity contribution in [1.29, 1.82) is 0 Å². The Hall–Kier alpha value is -3.10. The zero-order valence-electron chi connectivity index (χ0n) is 14.9. The number of benzene rings is 2. The molecule has 9 heteroatoms. The maximum absolute atomic E-state index is 13.0. The van der Waals surface area contributed by atoms with E-state index < -0.39 is 17.3 Å². The van der Waals surface area contributed by atoms with Gasteiger partial charge in [0.25, 0.3) is 0 Å². The predicted octanol–water partition coefficient (Wildman–Crippen LogP) is 4.04. The third-order valence-electron chi connectivity index (χ3n) is 3.99. The molecular weight excluding hydrogens is 359 g/mol. The molecule has 0 aliphatic carbocycles. The minimum Gasteiger partial charge on any atom is -0.497 e. The number of halogens is 3.